The maximum absolute atomic E-state index is 12.1. The van der Waals surface area contributed by atoms with Crippen molar-refractivity contribution < 1.29 is 9.21 Å². The summed E-state index contributed by atoms with van der Waals surface area (Å²) in [7, 11) is 1.74. The van der Waals surface area contributed by atoms with E-state index in [0.29, 0.717) is 18.8 Å². The van der Waals surface area contributed by atoms with Crippen molar-refractivity contribution in [3.63, 3.8) is 0 Å². The standard InChI is InChI=1S/C16H16N2O2/c1-18(16(19)15-8-4-10-20-15)12-14-6-2-5-13(11-14)7-3-9-17/h2,4-6,8,10-11H,9,12,17H2,1H3. The minimum absolute atomic E-state index is 0.145. The zero-order valence-corrected chi connectivity index (χ0v) is 11.3. The summed E-state index contributed by atoms with van der Waals surface area (Å²) in [6, 6.07) is 11.1. The molecule has 2 aromatic rings. The number of benzene rings is 1. The van der Waals surface area contributed by atoms with E-state index in [0.717, 1.165) is 11.1 Å². The Bertz CT molecular complexity index is 636. The molecule has 1 heterocycles. The average molecular weight is 268 g/mol. The normalized spacial score (nSPS) is 9.70. The Hall–Kier alpha value is -2.51. The molecular formula is C16H16N2O2. The first-order valence-corrected chi connectivity index (χ1v) is 6.27. The van der Waals surface area contributed by atoms with E-state index in [9.17, 15) is 4.79 Å². The number of hydrogen-bond acceptors (Lipinski definition) is 3. The molecule has 102 valence electrons. The van der Waals surface area contributed by atoms with Crippen LogP contribution in [0.4, 0.5) is 0 Å². The molecule has 4 heteroatoms. The van der Waals surface area contributed by atoms with Gasteiger partial charge in [-0.15, -0.1) is 0 Å². The van der Waals surface area contributed by atoms with Gasteiger partial charge in [-0.3, -0.25) is 4.79 Å². The van der Waals surface area contributed by atoms with Crippen molar-refractivity contribution in [2.24, 2.45) is 5.73 Å². The Morgan fingerprint density at radius 3 is 2.90 bits per heavy atom. The summed E-state index contributed by atoms with van der Waals surface area (Å²) in [5, 5.41) is 0. The Kier molecular flexibility index (Phi) is 4.59. The lowest BCUT2D eigenvalue weighted by molar-refractivity contribution is 0.0753. The molecule has 2 rings (SSSR count). The van der Waals surface area contributed by atoms with Crippen molar-refractivity contribution in [2.75, 3.05) is 13.6 Å². The van der Waals surface area contributed by atoms with E-state index >= 15 is 0 Å². The summed E-state index contributed by atoms with van der Waals surface area (Å²) in [4.78, 5) is 13.7. The monoisotopic (exact) mass is 268 g/mol. The van der Waals surface area contributed by atoms with Crippen LogP contribution >= 0.6 is 0 Å². The lowest BCUT2D eigenvalue weighted by Crippen LogP contribution is -2.25. The predicted molar refractivity (Wildman–Crippen MR) is 76.9 cm³/mol. The van der Waals surface area contributed by atoms with Crippen LogP contribution in [0.5, 0.6) is 0 Å². The van der Waals surface area contributed by atoms with E-state index in [-0.39, 0.29) is 5.91 Å². The fourth-order valence-electron chi connectivity index (χ4n) is 1.83. The number of nitrogens with two attached hydrogens (primary N) is 1. The van der Waals surface area contributed by atoms with Gasteiger partial charge in [0.15, 0.2) is 5.76 Å². The second kappa shape index (κ2) is 6.60. The molecule has 1 aromatic heterocycles. The van der Waals surface area contributed by atoms with Gasteiger partial charge in [0.1, 0.15) is 0 Å². The van der Waals surface area contributed by atoms with E-state index in [4.69, 9.17) is 10.2 Å². The zero-order chi connectivity index (χ0) is 14.4. The fourth-order valence-corrected chi connectivity index (χ4v) is 1.83. The first-order valence-electron chi connectivity index (χ1n) is 6.27. The maximum atomic E-state index is 12.1. The van der Waals surface area contributed by atoms with Gasteiger partial charge in [0.05, 0.1) is 12.8 Å². The van der Waals surface area contributed by atoms with Crippen molar-refractivity contribution in [3.8, 4) is 11.8 Å². The van der Waals surface area contributed by atoms with Crippen LogP contribution in [0.3, 0.4) is 0 Å². The van der Waals surface area contributed by atoms with Gasteiger partial charge < -0.3 is 15.1 Å². The summed E-state index contributed by atoms with van der Waals surface area (Å²) >= 11 is 0. The van der Waals surface area contributed by atoms with E-state index in [1.165, 1.54) is 6.26 Å². The molecule has 0 unspecified atom stereocenters. The molecule has 0 saturated heterocycles. The fraction of sp³-hybridized carbons (Fsp3) is 0.188. The van der Waals surface area contributed by atoms with Gasteiger partial charge in [0.2, 0.25) is 0 Å². The molecule has 0 bridgehead atoms. The second-order valence-electron chi connectivity index (χ2n) is 4.34. The van der Waals surface area contributed by atoms with Gasteiger partial charge in [0.25, 0.3) is 5.91 Å². The highest BCUT2D eigenvalue weighted by molar-refractivity contribution is 5.91. The van der Waals surface area contributed by atoms with Crippen LogP contribution < -0.4 is 5.73 Å². The highest BCUT2D eigenvalue weighted by Crippen LogP contribution is 2.10. The summed E-state index contributed by atoms with van der Waals surface area (Å²) in [5.74, 6) is 5.98. The summed E-state index contributed by atoms with van der Waals surface area (Å²) in [5.41, 5.74) is 7.26. The van der Waals surface area contributed by atoms with Crippen molar-refractivity contribution in [3.05, 3.63) is 59.5 Å². The molecular weight excluding hydrogens is 252 g/mol. The van der Waals surface area contributed by atoms with E-state index in [1.807, 2.05) is 24.3 Å². The third-order valence-corrected chi connectivity index (χ3v) is 2.76. The van der Waals surface area contributed by atoms with Crippen molar-refractivity contribution in [1.29, 1.82) is 0 Å². The number of hydrogen-bond donors (Lipinski definition) is 1. The topological polar surface area (TPSA) is 59.5 Å². The van der Waals surface area contributed by atoms with Crippen LogP contribution in [0.2, 0.25) is 0 Å². The largest absolute Gasteiger partial charge is 0.459 e. The van der Waals surface area contributed by atoms with Gasteiger partial charge in [-0.25, -0.2) is 0 Å². The van der Waals surface area contributed by atoms with Crippen molar-refractivity contribution in [1.82, 2.24) is 4.90 Å². The summed E-state index contributed by atoms with van der Waals surface area (Å²) in [6.45, 7) is 0.832. The van der Waals surface area contributed by atoms with Gasteiger partial charge >= 0.3 is 0 Å². The Morgan fingerprint density at radius 2 is 2.20 bits per heavy atom. The van der Waals surface area contributed by atoms with E-state index in [1.54, 1.807) is 24.1 Å². The molecule has 0 aliphatic carbocycles. The maximum Gasteiger partial charge on any atom is 0.289 e. The third kappa shape index (κ3) is 3.50. The number of rotatable bonds is 3. The number of carbonyl (C=O) groups is 1. The molecule has 0 radical (unpaired) electrons. The van der Waals surface area contributed by atoms with Gasteiger partial charge in [-0.05, 0) is 29.8 Å². The molecule has 1 aromatic carbocycles. The Balaban J connectivity index is 2.08. The second-order valence-corrected chi connectivity index (χ2v) is 4.34. The van der Waals surface area contributed by atoms with Crippen LogP contribution in [-0.2, 0) is 6.54 Å². The molecule has 0 aliphatic rings. The van der Waals surface area contributed by atoms with Crippen LogP contribution in [0.1, 0.15) is 21.7 Å². The lowest BCUT2D eigenvalue weighted by atomic mass is 10.1. The van der Waals surface area contributed by atoms with Gasteiger partial charge in [0, 0.05) is 19.2 Å². The van der Waals surface area contributed by atoms with E-state index < -0.39 is 0 Å². The quantitative estimate of drug-likeness (QED) is 0.864. The highest BCUT2D eigenvalue weighted by atomic mass is 16.3. The Labute approximate surface area is 118 Å². The van der Waals surface area contributed by atoms with Crippen molar-refractivity contribution in [2.45, 2.75) is 6.54 Å². The number of furan rings is 1. The smallest absolute Gasteiger partial charge is 0.289 e. The average Bonchev–Trinajstić information content (AvgIpc) is 2.98. The molecule has 0 fully saturated rings. The minimum Gasteiger partial charge on any atom is -0.459 e. The summed E-state index contributed by atoms with van der Waals surface area (Å²) < 4.78 is 5.10. The van der Waals surface area contributed by atoms with Crippen LogP contribution in [0, 0.1) is 11.8 Å². The first kappa shape index (κ1) is 13.9. The molecule has 20 heavy (non-hydrogen) atoms. The molecule has 0 atom stereocenters. The molecule has 4 nitrogen and oxygen atoms in total. The minimum atomic E-state index is -0.145. The van der Waals surface area contributed by atoms with Crippen LogP contribution in [0.25, 0.3) is 0 Å². The highest BCUT2D eigenvalue weighted by Gasteiger charge is 2.14. The van der Waals surface area contributed by atoms with Gasteiger partial charge in [-0.1, -0.05) is 24.0 Å². The predicted octanol–water partition coefficient (Wildman–Crippen LogP) is 1.86. The molecule has 1 amide bonds. The SMILES string of the molecule is CN(Cc1cccc(C#CCN)c1)C(=O)c1ccco1. The lowest BCUT2D eigenvalue weighted by Gasteiger charge is -2.15. The summed E-state index contributed by atoms with van der Waals surface area (Å²) in [6.07, 6.45) is 1.49. The number of nitrogens with zero attached hydrogens (tertiary/aromatic N) is 1. The van der Waals surface area contributed by atoms with E-state index in [2.05, 4.69) is 11.8 Å². The molecule has 0 aliphatic heterocycles. The molecule has 0 spiro atoms. The van der Waals surface area contributed by atoms with Crippen LogP contribution in [-0.4, -0.2) is 24.4 Å². The zero-order valence-electron chi connectivity index (χ0n) is 11.3. The molecule has 2 N–H and O–H groups in total. The third-order valence-electron chi connectivity index (χ3n) is 2.76. The van der Waals surface area contributed by atoms with Crippen LogP contribution in [0.15, 0.2) is 47.1 Å². The Morgan fingerprint density at radius 1 is 1.35 bits per heavy atom. The van der Waals surface area contributed by atoms with Crippen molar-refractivity contribution >= 4 is 5.91 Å². The molecule has 0 saturated carbocycles. The number of amides is 1. The number of carbonyl (C=O) groups excluding carboxylic acids is 1. The first-order chi connectivity index (χ1) is 9.70. The van der Waals surface area contributed by atoms with Gasteiger partial charge in [-0.2, -0.15) is 0 Å².